The van der Waals surface area contributed by atoms with Crippen molar-refractivity contribution in [3.63, 3.8) is 0 Å². The Morgan fingerprint density at radius 1 is 1.33 bits per heavy atom. The molecular formula is C11H13NO3. The summed E-state index contributed by atoms with van der Waals surface area (Å²) in [6.07, 6.45) is 1.06. The topological polar surface area (TPSA) is 50.7 Å². The van der Waals surface area contributed by atoms with Gasteiger partial charge in [0.05, 0.1) is 0 Å². The first-order valence-electron chi connectivity index (χ1n) is 5.18. The number of rotatable bonds is 1. The number of benzene rings is 1. The number of hydrogen-bond acceptors (Lipinski definition) is 4. The molecule has 1 fully saturated rings. The Morgan fingerprint density at radius 3 is 3.07 bits per heavy atom. The zero-order chi connectivity index (χ0) is 10.3. The van der Waals surface area contributed by atoms with Crippen LogP contribution in [0.4, 0.5) is 0 Å². The van der Waals surface area contributed by atoms with E-state index in [-0.39, 0.29) is 12.5 Å². The smallest absolute Gasteiger partial charge is 0.231 e. The Labute approximate surface area is 87.8 Å². The minimum Gasteiger partial charge on any atom is -0.504 e. The third-order valence-corrected chi connectivity index (χ3v) is 3.04. The molecule has 0 saturated carbocycles. The maximum Gasteiger partial charge on any atom is 0.231 e. The van der Waals surface area contributed by atoms with Gasteiger partial charge in [-0.15, -0.1) is 0 Å². The molecule has 2 heterocycles. The van der Waals surface area contributed by atoms with Crippen molar-refractivity contribution in [2.45, 2.75) is 12.3 Å². The lowest BCUT2D eigenvalue weighted by Gasteiger charge is -2.12. The Hall–Kier alpha value is -1.42. The monoisotopic (exact) mass is 207 g/mol. The van der Waals surface area contributed by atoms with Crippen LogP contribution in [0.3, 0.4) is 0 Å². The quantitative estimate of drug-likeness (QED) is 0.726. The predicted molar refractivity (Wildman–Crippen MR) is 54.5 cm³/mol. The number of fused-ring (bicyclic) bond motifs is 1. The van der Waals surface area contributed by atoms with Gasteiger partial charge in [-0.25, -0.2) is 0 Å². The fourth-order valence-corrected chi connectivity index (χ4v) is 2.22. The van der Waals surface area contributed by atoms with E-state index in [1.165, 1.54) is 0 Å². The molecule has 1 aromatic rings. The Balaban J connectivity index is 2.01. The van der Waals surface area contributed by atoms with Gasteiger partial charge < -0.3 is 19.9 Å². The van der Waals surface area contributed by atoms with Crippen LogP contribution in [0.5, 0.6) is 17.2 Å². The largest absolute Gasteiger partial charge is 0.504 e. The van der Waals surface area contributed by atoms with Gasteiger partial charge in [0.2, 0.25) is 12.5 Å². The Bertz CT molecular complexity index is 386. The van der Waals surface area contributed by atoms with Crippen molar-refractivity contribution < 1.29 is 14.6 Å². The second-order valence-electron chi connectivity index (χ2n) is 3.93. The number of hydrogen-bond donors (Lipinski definition) is 2. The molecule has 80 valence electrons. The van der Waals surface area contributed by atoms with Crippen molar-refractivity contribution >= 4 is 0 Å². The molecule has 1 unspecified atom stereocenters. The van der Waals surface area contributed by atoms with Crippen molar-refractivity contribution in [3.05, 3.63) is 17.7 Å². The van der Waals surface area contributed by atoms with Crippen molar-refractivity contribution in [1.29, 1.82) is 0 Å². The number of phenols is 1. The molecule has 15 heavy (non-hydrogen) atoms. The van der Waals surface area contributed by atoms with Crippen LogP contribution in [0.25, 0.3) is 0 Å². The zero-order valence-electron chi connectivity index (χ0n) is 8.32. The van der Waals surface area contributed by atoms with Crippen molar-refractivity contribution in [1.82, 2.24) is 5.32 Å². The average molecular weight is 207 g/mol. The maximum absolute atomic E-state index is 10.0. The normalized spacial score (nSPS) is 23.3. The van der Waals surface area contributed by atoms with E-state index < -0.39 is 0 Å². The first-order valence-corrected chi connectivity index (χ1v) is 5.18. The van der Waals surface area contributed by atoms with Crippen LogP contribution in [0, 0.1) is 0 Å². The third-order valence-electron chi connectivity index (χ3n) is 3.04. The van der Waals surface area contributed by atoms with E-state index in [4.69, 9.17) is 9.47 Å². The molecular weight excluding hydrogens is 194 g/mol. The van der Waals surface area contributed by atoms with Gasteiger partial charge in [0.15, 0.2) is 11.5 Å². The van der Waals surface area contributed by atoms with Crippen LogP contribution in [0.1, 0.15) is 17.9 Å². The fourth-order valence-electron chi connectivity index (χ4n) is 2.22. The molecule has 1 atom stereocenters. The lowest BCUT2D eigenvalue weighted by molar-refractivity contribution is 0.171. The summed E-state index contributed by atoms with van der Waals surface area (Å²) in [6, 6.07) is 3.80. The van der Waals surface area contributed by atoms with E-state index in [2.05, 4.69) is 5.32 Å². The summed E-state index contributed by atoms with van der Waals surface area (Å²) < 4.78 is 10.4. The molecule has 4 heteroatoms. The van der Waals surface area contributed by atoms with Crippen LogP contribution in [-0.4, -0.2) is 25.0 Å². The summed E-state index contributed by atoms with van der Waals surface area (Å²) in [4.78, 5) is 0. The van der Waals surface area contributed by atoms with Crippen molar-refractivity contribution in [2.24, 2.45) is 0 Å². The Morgan fingerprint density at radius 2 is 2.27 bits per heavy atom. The van der Waals surface area contributed by atoms with Crippen molar-refractivity contribution in [2.75, 3.05) is 19.9 Å². The minimum atomic E-state index is 0.204. The SMILES string of the molecule is Oc1c(C2CCNC2)ccc2c1OCO2. The standard InChI is InChI=1S/C11H13NO3/c13-10-8(7-3-4-12-5-7)1-2-9-11(10)15-6-14-9/h1-2,7,12-13H,3-6H2. The summed E-state index contributed by atoms with van der Waals surface area (Å²) in [6.45, 7) is 2.14. The van der Waals surface area contributed by atoms with Gasteiger partial charge in [-0.05, 0) is 19.0 Å². The third kappa shape index (κ3) is 1.33. The molecule has 2 N–H and O–H groups in total. The molecule has 1 saturated heterocycles. The van der Waals surface area contributed by atoms with Crippen LogP contribution >= 0.6 is 0 Å². The van der Waals surface area contributed by atoms with Gasteiger partial charge in [0, 0.05) is 18.0 Å². The number of nitrogens with one attached hydrogen (secondary N) is 1. The maximum atomic E-state index is 10.0. The minimum absolute atomic E-state index is 0.204. The highest BCUT2D eigenvalue weighted by atomic mass is 16.7. The van der Waals surface area contributed by atoms with Crippen LogP contribution < -0.4 is 14.8 Å². The molecule has 3 rings (SSSR count). The van der Waals surface area contributed by atoms with Gasteiger partial charge in [-0.1, -0.05) is 6.07 Å². The molecule has 0 radical (unpaired) electrons. The van der Waals surface area contributed by atoms with Crippen LogP contribution in [0.15, 0.2) is 12.1 Å². The van der Waals surface area contributed by atoms with Crippen molar-refractivity contribution in [3.8, 4) is 17.2 Å². The average Bonchev–Trinajstić information content (AvgIpc) is 2.87. The molecule has 2 aliphatic heterocycles. The highest BCUT2D eigenvalue weighted by Gasteiger charge is 2.26. The molecule has 1 aromatic carbocycles. The lowest BCUT2D eigenvalue weighted by atomic mass is 9.97. The van der Waals surface area contributed by atoms with Gasteiger partial charge in [-0.2, -0.15) is 0 Å². The zero-order valence-corrected chi connectivity index (χ0v) is 8.32. The van der Waals surface area contributed by atoms with E-state index in [1.807, 2.05) is 12.1 Å². The summed E-state index contributed by atoms with van der Waals surface area (Å²) >= 11 is 0. The molecule has 0 amide bonds. The first-order chi connectivity index (χ1) is 7.36. The van der Waals surface area contributed by atoms with E-state index >= 15 is 0 Å². The van der Waals surface area contributed by atoms with Gasteiger partial charge >= 0.3 is 0 Å². The first kappa shape index (κ1) is 8.85. The number of aromatic hydroxyl groups is 1. The summed E-state index contributed by atoms with van der Waals surface area (Å²) in [7, 11) is 0. The van der Waals surface area contributed by atoms with E-state index in [0.717, 1.165) is 25.1 Å². The number of ether oxygens (including phenoxy) is 2. The lowest BCUT2D eigenvalue weighted by Crippen LogP contribution is -2.08. The predicted octanol–water partition coefficient (Wildman–Crippen LogP) is 1.20. The second-order valence-corrected chi connectivity index (χ2v) is 3.93. The highest BCUT2D eigenvalue weighted by Crippen LogP contribution is 2.45. The highest BCUT2D eigenvalue weighted by molar-refractivity contribution is 5.57. The van der Waals surface area contributed by atoms with E-state index in [1.54, 1.807) is 0 Å². The van der Waals surface area contributed by atoms with Crippen LogP contribution in [0.2, 0.25) is 0 Å². The number of phenolic OH excluding ortho intramolecular Hbond substituents is 1. The van der Waals surface area contributed by atoms with E-state index in [9.17, 15) is 5.11 Å². The van der Waals surface area contributed by atoms with Gasteiger partial charge in [0.1, 0.15) is 0 Å². The van der Waals surface area contributed by atoms with Crippen LogP contribution in [-0.2, 0) is 0 Å². The van der Waals surface area contributed by atoms with E-state index in [0.29, 0.717) is 17.4 Å². The Kier molecular flexibility index (Phi) is 1.95. The fraction of sp³-hybridized carbons (Fsp3) is 0.455. The van der Waals surface area contributed by atoms with Gasteiger partial charge in [0.25, 0.3) is 0 Å². The molecule has 2 aliphatic rings. The second kappa shape index (κ2) is 3.31. The van der Waals surface area contributed by atoms with Gasteiger partial charge in [-0.3, -0.25) is 0 Å². The molecule has 0 spiro atoms. The summed E-state index contributed by atoms with van der Waals surface area (Å²) in [5.74, 6) is 1.78. The molecule has 4 nitrogen and oxygen atoms in total. The molecule has 0 bridgehead atoms. The molecule has 0 aliphatic carbocycles. The summed E-state index contributed by atoms with van der Waals surface area (Å²) in [5, 5.41) is 13.3. The molecule has 0 aromatic heterocycles. The summed E-state index contributed by atoms with van der Waals surface area (Å²) in [5.41, 5.74) is 0.962.